The Bertz CT molecular complexity index is 671. The minimum atomic E-state index is 0. The number of piperidine rings is 1. The Hall–Kier alpha value is -1.06. The maximum Gasteiger partial charge on any atom is 0.191 e. The van der Waals surface area contributed by atoms with E-state index in [0.717, 1.165) is 56.8 Å². The highest BCUT2D eigenvalue weighted by Gasteiger charge is 2.24. The van der Waals surface area contributed by atoms with Crippen LogP contribution in [0.2, 0.25) is 0 Å². The Labute approximate surface area is 191 Å². The van der Waals surface area contributed by atoms with Crippen LogP contribution in [0.3, 0.4) is 0 Å². The van der Waals surface area contributed by atoms with Gasteiger partial charge in [0, 0.05) is 52.3 Å². The molecule has 2 saturated heterocycles. The monoisotopic (exact) mass is 514 g/mol. The molecule has 0 bridgehead atoms. The minimum Gasteiger partial charge on any atom is -0.493 e. The Morgan fingerprint density at radius 3 is 2.83 bits per heavy atom. The molecule has 29 heavy (non-hydrogen) atoms. The van der Waals surface area contributed by atoms with Gasteiger partial charge in [-0.2, -0.15) is 0 Å². The van der Waals surface area contributed by atoms with Crippen molar-refractivity contribution in [3.05, 3.63) is 29.3 Å². The highest BCUT2D eigenvalue weighted by atomic mass is 127. The molecule has 3 aliphatic rings. The molecule has 6 nitrogen and oxygen atoms in total. The zero-order valence-corrected chi connectivity index (χ0v) is 19.8. The average Bonchev–Trinajstić information content (AvgIpc) is 3.40. The fourth-order valence-electron chi connectivity index (χ4n) is 4.46. The van der Waals surface area contributed by atoms with Gasteiger partial charge in [0.2, 0.25) is 0 Å². The molecule has 4 rings (SSSR count). The molecule has 0 aliphatic carbocycles. The van der Waals surface area contributed by atoms with Gasteiger partial charge in [0.05, 0.1) is 13.2 Å². The van der Waals surface area contributed by atoms with Crippen molar-refractivity contribution in [2.75, 3.05) is 53.0 Å². The number of fused-ring (bicyclic) bond motifs is 1. The van der Waals surface area contributed by atoms with Crippen molar-refractivity contribution < 1.29 is 9.47 Å². The molecule has 0 radical (unpaired) electrons. The van der Waals surface area contributed by atoms with E-state index < -0.39 is 0 Å². The van der Waals surface area contributed by atoms with Crippen LogP contribution < -0.4 is 15.4 Å². The number of hydrogen-bond donors (Lipinski definition) is 2. The summed E-state index contributed by atoms with van der Waals surface area (Å²) in [5.41, 5.74) is 2.70. The van der Waals surface area contributed by atoms with Crippen molar-refractivity contribution in [1.29, 1.82) is 0 Å². The van der Waals surface area contributed by atoms with Gasteiger partial charge in [0.1, 0.15) is 5.75 Å². The molecule has 2 N–H and O–H groups in total. The van der Waals surface area contributed by atoms with Gasteiger partial charge in [-0.1, -0.05) is 12.1 Å². The lowest BCUT2D eigenvalue weighted by atomic mass is 10.0. The molecule has 0 saturated carbocycles. The van der Waals surface area contributed by atoms with Crippen LogP contribution in [0.4, 0.5) is 0 Å². The number of likely N-dealkylation sites (tertiary alicyclic amines) is 1. The fourth-order valence-corrected chi connectivity index (χ4v) is 4.46. The number of aliphatic imine (C=N–C) groups is 1. The first-order chi connectivity index (χ1) is 13.8. The SMILES string of the molecule is CN=C(NCCc1ccc2c(c1)CCO2)NC1CCN(CC2CCOC2)CC1.I. The summed E-state index contributed by atoms with van der Waals surface area (Å²) in [7, 11) is 1.86. The average molecular weight is 514 g/mol. The summed E-state index contributed by atoms with van der Waals surface area (Å²) < 4.78 is 11.1. The largest absolute Gasteiger partial charge is 0.493 e. The van der Waals surface area contributed by atoms with E-state index in [2.05, 4.69) is 38.7 Å². The Morgan fingerprint density at radius 2 is 2.07 bits per heavy atom. The molecule has 7 heteroatoms. The zero-order chi connectivity index (χ0) is 19.2. The highest BCUT2D eigenvalue weighted by molar-refractivity contribution is 14.0. The van der Waals surface area contributed by atoms with E-state index in [1.165, 1.54) is 50.0 Å². The first kappa shape index (κ1) is 22.6. The molecule has 0 amide bonds. The predicted octanol–water partition coefficient (Wildman–Crippen LogP) is 2.45. The molecule has 0 spiro atoms. The number of benzene rings is 1. The van der Waals surface area contributed by atoms with Gasteiger partial charge in [-0.25, -0.2) is 0 Å². The zero-order valence-electron chi connectivity index (χ0n) is 17.5. The molecular formula is C22H35IN4O2. The van der Waals surface area contributed by atoms with Gasteiger partial charge in [0.25, 0.3) is 0 Å². The van der Waals surface area contributed by atoms with Crippen molar-refractivity contribution in [1.82, 2.24) is 15.5 Å². The molecule has 1 atom stereocenters. The number of rotatable bonds is 6. The summed E-state index contributed by atoms with van der Waals surface area (Å²) in [6, 6.07) is 7.08. The maximum absolute atomic E-state index is 5.59. The second kappa shape index (κ2) is 11.4. The molecule has 162 valence electrons. The van der Waals surface area contributed by atoms with Crippen LogP contribution >= 0.6 is 24.0 Å². The van der Waals surface area contributed by atoms with E-state index in [0.29, 0.717) is 6.04 Å². The van der Waals surface area contributed by atoms with Gasteiger partial charge in [-0.3, -0.25) is 4.99 Å². The van der Waals surface area contributed by atoms with Gasteiger partial charge in [-0.15, -0.1) is 24.0 Å². The Kier molecular flexibility index (Phi) is 8.86. The van der Waals surface area contributed by atoms with Crippen LogP contribution in [0.25, 0.3) is 0 Å². The highest BCUT2D eigenvalue weighted by Crippen LogP contribution is 2.25. The van der Waals surface area contributed by atoms with E-state index in [1.54, 1.807) is 0 Å². The lowest BCUT2D eigenvalue weighted by Gasteiger charge is -2.34. The molecule has 1 aromatic rings. The quantitative estimate of drug-likeness (QED) is 0.347. The fraction of sp³-hybridized carbons (Fsp3) is 0.682. The van der Waals surface area contributed by atoms with Crippen LogP contribution in [0.15, 0.2) is 23.2 Å². The Morgan fingerprint density at radius 1 is 1.21 bits per heavy atom. The molecule has 3 aliphatic heterocycles. The number of ether oxygens (including phenoxy) is 2. The van der Waals surface area contributed by atoms with Crippen LogP contribution in [0.5, 0.6) is 5.75 Å². The third-order valence-electron chi connectivity index (χ3n) is 6.15. The van der Waals surface area contributed by atoms with E-state index in [9.17, 15) is 0 Å². The first-order valence-corrected chi connectivity index (χ1v) is 10.8. The van der Waals surface area contributed by atoms with Crippen LogP contribution in [0.1, 0.15) is 30.4 Å². The third kappa shape index (κ3) is 6.46. The summed E-state index contributed by atoms with van der Waals surface area (Å²) in [5.74, 6) is 2.72. The number of nitrogens with one attached hydrogen (secondary N) is 2. The molecule has 1 aromatic carbocycles. The minimum absolute atomic E-state index is 0. The summed E-state index contributed by atoms with van der Waals surface area (Å²) in [5, 5.41) is 7.10. The van der Waals surface area contributed by atoms with E-state index in [-0.39, 0.29) is 24.0 Å². The van der Waals surface area contributed by atoms with Crippen molar-refractivity contribution in [2.24, 2.45) is 10.9 Å². The molecule has 3 heterocycles. The van der Waals surface area contributed by atoms with Gasteiger partial charge in [-0.05, 0) is 48.8 Å². The Balaban J connectivity index is 0.00000240. The topological polar surface area (TPSA) is 58.1 Å². The summed E-state index contributed by atoms with van der Waals surface area (Å²) in [4.78, 5) is 7.02. The predicted molar refractivity (Wildman–Crippen MR) is 128 cm³/mol. The maximum atomic E-state index is 5.59. The molecule has 2 fully saturated rings. The van der Waals surface area contributed by atoms with Crippen LogP contribution in [0, 0.1) is 5.92 Å². The number of hydrogen-bond acceptors (Lipinski definition) is 4. The van der Waals surface area contributed by atoms with Crippen molar-refractivity contribution in [3.8, 4) is 5.75 Å². The molecule has 0 aromatic heterocycles. The van der Waals surface area contributed by atoms with Crippen LogP contribution in [-0.2, 0) is 17.6 Å². The number of guanidine groups is 1. The van der Waals surface area contributed by atoms with E-state index >= 15 is 0 Å². The standard InChI is InChI=1S/C22H34N4O2.HI/c1-23-22(24-9-4-17-2-3-21-19(14-17)8-13-28-21)25-20-5-10-26(11-6-20)15-18-7-12-27-16-18;/h2-3,14,18,20H,4-13,15-16H2,1H3,(H2,23,24,25);1H. The summed E-state index contributed by atoms with van der Waals surface area (Å²) in [6.45, 7) is 7.15. The van der Waals surface area contributed by atoms with Crippen LogP contribution in [-0.4, -0.2) is 69.9 Å². The lowest BCUT2D eigenvalue weighted by molar-refractivity contribution is 0.150. The normalized spacial score (nSPS) is 22.7. The lowest BCUT2D eigenvalue weighted by Crippen LogP contribution is -2.49. The van der Waals surface area contributed by atoms with Crippen molar-refractivity contribution in [2.45, 2.75) is 38.1 Å². The summed E-state index contributed by atoms with van der Waals surface area (Å²) in [6.07, 6.45) is 5.62. The van der Waals surface area contributed by atoms with E-state index in [1.807, 2.05) is 7.05 Å². The summed E-state index contributed by atoms with van der Waals surface area (Å²) >= 11 is 0. The smallest absolute Gasteiger partial charge is 0.191 e. The van der Waals surface area contributed by atoms with Gasteiger partial charge >= 0.3 is 0 Å². The number of nitrogens with zero attached hydrogens (tertiary/aromatic N) is 2. The van der Waals surface area contributed by atoms with E-state index in [4.69, 9.17) is 9.47 Å². The van der Waals surface area contributed by atoms with Gasteiger partial charge in [0.15, 0.2) is 5.96 Å². The second-order valence-corrected chi connectivity index (χ2v) is 8.24. The second-order valence-electron chi connectivity index (χ2n) is 8.24. The molecule has 1 unspecified atom stereocenters. The first-order valence-electron chi connectivity index (χ1n) is 10.8. The van der Waals surface area contributed by atoms with Crippen molar-refractivity contribution in [3.63, 3.8) is 0 Å². The van der Waals surface area contributed by atoms with Crippen molar-refractivity contribution >= 4 is 29.9 Å². The van der Waals surface area contributed by atoms with Gasteiger partial charge < -0.3 is 25.0 Å². The number of halogens is 1. The third-order valence-corrected chi connectivity index (χ3v) is 6.15. The molecular weight excluding hydrogens is 479 g/mol.